The predicted octanol–water partition coefficient (Wildman–Crippen LogP) is 0.190. The maximum atomic E-state index is 12.1. The summed E-state index contributed by atoms with van der Waals surface area (Å²) < 4.78 is 0. The van der Waals surface area contributed by atoms with Crippen molar-refractivity contribution in [3.8, 4) is 11.5 Å². The van der Waals surface area contributed by atoms with E-state index in [0.29, 0.717) is 0 Å². The molecular weight excluding hydrogens is 252 g/mol. The number of rotatable bonds is 2. The number of hydrogen-bond donors (Lipinski definition) is 3. The largest absolute Gasteiger partial charge is 0.504 e. The van der Waals surface area contributed by atoms with Crippen molar-refractivity contribution in [2.75, 3.05) is 0 Å². The Morgan fingerprint density at radius 1 is 1.16 bits per heavy atom. The van der Waals surface area contributed by atoms with E-state index >= 15 is 0 Å². The molecule has 1 aromatic rings. The lowest BCUT2D eigenvalue weighted by Crippen LogP contribution is -2.42. The number of hydrogen-bond acceptors (Lipinski definition) is 6. The first kappa shape index (κ1) is 13.2. The molecule has 2 unspecified atom stereocenters. The summed E-state index contributed by atoms with van der Waals surface area (Å²) in [6.07, 6.45) is -1.93. The van der Waals surface area contributed by atoms with Crippen molar-refractivity contribution in [1.82, 2.24) is 0 Å². The number of Topliss-reactive ketones (excluding diaryl/α,β-unsaturated/α-hetero) is 3. The van der Waals surface area contributed by atoms with Gasteiger partial charge in [0.25, 0.3) is 0 Å². The van der Waals surface area contributed by atoms with Crippen molar-refractivity contribution in [3.63, 3.8) is 0 Å². The van der Waals surface area contributed by atoms with Gasteiger partial charge in [0.15, 0.2) is 23.1 Å². The number of carbonyl (C=O) groups excluding carboxylic acids is 3. The topological polar surface area (TPSA) is 112 Å². The van der Waals surface area contributed by atoms with Crippen molar-refractivity contribution in [1.29, 1.82) is 0 Å². The second-order valence-corrected chi connectivity index (χ2v) is 4.50. The van der Waals surface area contributed by atoms with E-state index in [4.69, 9.17) is 5.11 Å². The number of aliphatic hydroxyl groups excluding tert-OH is 1. The molecule has 1 aliphatic carbocycles. The smallest absolute Gasteiger partial charge is 0.176 e. The molecule has 1 saturated carbocycles. The molecule has 0 aliphatic heterocycles. The minimum Gasteiger partial charge on any atom is -0.504 e. The van der Waals surface area contributed by atoms with Gasteiger partial charge in [-0.3, -0.25) is 14.4 Å². The summed E-state index contributed by atoms with van der Waals surface area (Å²) in [5.74, 6) is -3.85. The van der Waals surface area contributed by atoms with Crippen LogP contribution in [0.2, 0.25) is 0 Å². The molecule has 0 aromatic heterocycles. The highest BCUT2D eigenvalue weighted by molar-refractivity contribution is 6.17. The van der Waals surface area contributed by atoms with Crippen LogP contribution in [0, 0.1) is 5.92 Å². The molecule has 2 atom stereocenters. The molecule has 0 radical (unpaired) electrons. The van der Waals surface area contributed by atoms with Crippen molar-refractivity contribution < 1.29 is 29.7 Å². The van der Waals surface area contributed by atoms with E-state index in [0.717, 1.165) is 12.1 Å². The minimum atomic E-state index is -1.34. The third-order valence-corrected chi connectivity index (χ3v) is 3.08. The Balaban J connectivity index is 2.30. The Bertz CT molecular complexity index is 562. The summed E-state index contributed by atoms with van der Waals surface area (Å²) in [7, 11) is 0. The first-order valence-electron chi connectivity index (χ1n) is 5.69. The summed E-state index contributed by atoms with van der Waals surface area (Å²) in [4.78, 5) is 34.9. The van der Waals surface area contributed by atoms with Crippen LogP contribution in [0.1, 0.15) is 23.2 Å². The molecule has 0 bridgehead atoms. The Hall–Kier alpha value is -2.21. The van der Waals surface area contributed by atoms with Crippen LogP contribution in [0.3, 0.4) is 0 Å². The summed E-state index contributed by atoms with van der Waals surface area (Å²) >= 11 is 0. The molecule has 3 N–H and O–H groups in total. The van der Waals surface area contributed by atoms with Gasteiger partial charge < -0.3 is 15.3 Å². The fraction of sp³-hybridized carbons (Fsp3) is 0.308. The molecular formula is C13H12O6. The van der Waals surface area contributed by atoms with E-state index in [1.165, 1.54) is 6.07 Å². The lowest BCUT2D eigenvalue weighted by Gasteiger charge is -2.24. The lowest BCUT2D eigenvalue weighted by atomic mass is 9.80. The Morgan fingerprint density at radius 3 is 2.42 bits per heavy atom. The fourth-order valence-electron chi connectivity index (χ4n) is 2.12. The maximum Gasteiger partial charge on any atom is 0.176 e. The van der Waals surface area contributed by atoms with Gasteiger partial charge in [-0.2, -0.15) is 0 Å². The van der Waals surface area contributed by atoms with Gasteiger partial charge in [-0.05, 0) is 18.2 Å². The van der Waals surface area contributed by atoms with Gasteiger partial charge in [0.1, 0.15) is 11.7 Å². The van der Waals surface area contributed by atoms with E-state index < -0.39 is 35.1 Å². The molecule has 1 aromatic carbocycles. The molecule has 1 fully saturated rings. The highest BCUT2D eigenvalue weighted by atomic mass is 16.3. The molecule has 0 saturated heterocycles. The van der Waals surface area contributed by atoms with E-state index in [1.807, 2.05) is 0 Å². The van der Waals surface area contributed by atoms with Crippen LogP contribution in [0.25, 0.3) is 0 Å². The summed E-state index contributed by atoms with van der Waals surface area (Å²) in [6, 6.07) is 3.38. The number of aliphatic hydroxyl groups is 1. The van der Waals surface area contributed by atoms with Crippen LogP contribution in [-0.2, 0) is 9.59 Å². The third kappa shape index (κ3) is 2.48. The van der Waals surface area contributed by atoms with Crippen molar-refractivity contribution >= 4 is 17.3 Å². The van der Waals surface area contributed by atoms with Crippen molar-refractivity contribution in [2.45, 2.75) is 18.9 Å². The molecule has 0 amide bonds. The van der Waals surface area contributed by atoms with E-state index in [-0.39, 0.29) is 24.2 Å². The van der Waals surface area contributed by atoms with Gasteiger partial charge in [-0.1, -0.05) is 0 Å². The van der Waals surface area contributed by atoms with Gasteiger partial charge in [-0.25, -0.2) is 0 Å². The number of ketones is 3. The molecule has 0 spiro atoms. The average molecular weight is 264 g/mol. The Morgan fingerprint density at radius 2 is 1.84 bits per heavy atom. The Kier molecular flexibility index (Phi) is 3.35. The minimum absolute atomic E-state index is 0.00190. The second-order valence-electron chi connectivity index (χ2n) is 4.50. The van der Waals surface area contributed by atoms with E-state index in [1.54, 1.807) is 0 Å². The van der Waals surface area contributed by atoms with Crippen LogP contribution < -0.4 is 0 Å². The predicted molar refractivity (Wildman–Crippen MR) is 62.8 cm³/mol. The first-order chi connectivity index (χ1) is 8.90. The molecule has 19 heavy (non-hydrogen) atoms. The fourth-order valence-corrected chi connectivity index (χ4v) is 2.12. The molecule has 1 aliphatic rings. The van der Waals surface area contributed by atoms with Crippen LogP contribution in [-0.4, -0.2) is 38.8 Å². The molecule has 6 nitrogen and oxygen atoms in total. The number of phenols is 2. The molecule has 6 heteroatoms. The number of phenolic OH excluding ortho intramolecular Hbond substituents is 2. The normalized spacial score (nSPS) is 23.4. The highest BCUT2D eigenvalue weighted by Gasteiger charge is 2.40. The van der Waals surface area contributed by atoms with Gasteiger partial charge in [0, 0.05) is 12.0 Å². The van der Waals surface area contributed by atoms with Gasteiger partial charge in [0.2, 0.25) is 0 Å². The summed E-state index contributed by atoms with van der Waals surface area (Å²) in [6.45, 7) is 0. The van der Waals surface area contributed by atoms with Crippen LogP contribution in [0.4, 0.5) is 0 Å². The number of aromatic hydroxyl groups is 2. The Labute approximate surface area is 108 Å². The summed E-state index contributed by atoms with van der Waals surface area (Å²) in [5, 5.41) is 28.2. The van der Waals surface area contributed by atoms with Gasteiger partial charge in [-0.15, -0.1) is 0 Å². The molecule has 2 rings (SSSR count). The van der Waals surface area contributed by atoms with Crippen molar-refractivity contribution in [2.24, 2.45) is 5.92 Å². The lowest BCUT2D eigenvalue weighted by molar-refractivity contribution is -0.136. The van der Waals surface area contributed by atoms with Crippen LogP contribution >= 0.6 is 0 Å². The maximum absolute atomic E-state index is 12.1. The standard InChI is InChI=1S/C13H12O6/c14-7-4-10(17)12(11(18)5-7)13(19)6-1-2-8(15)9(16)3-6/h1-3,10,12,15-17H,4-5H2. The highest BCUT2D eigenvalue weighted by Crippen LogP contribution is 2.28. The quantitative estimate of drug-likeness (QED) is 0.399. The third-order valence-electron chi connectivity index (χ3n) is 3.08. The second kappa shape index (κ2) is 4.81. The zero-order valence-corrected chi connectivity index (χ0v) is 9.87. The average Bonchev–Trinajstić information content (AvgIpc) is 2.31. The van der Waals surface area contributed by atoms with Crippen LogP contribution in [0.15, 0.2) is 18.2 Å². The SMILES string of the molecule is O=C1CC(=O)C(C(=O)c2ccc(O)c(O)c2)C(O)C1. The molecule has 100 valence electrons. The van der Waals surface area contributed by atoms with Crippen molar-refractivity contribution in [3.05, 3.63) is 23.8 Å². The number of carbonyl (C=O) groups is 3. The zero-order valence-electron chi connectivity index (χ0n) is 9.87. The van der Waals surface area contributed by atoms with E-state index in [9.17, 15) is 24.6 Å². The number of benzene rings is 1. The summed E-state index contributed by atoms with van der Waals surface area (Å²) in [5.41, 5.74) is 0.00190. The van der Waals surface area contributed by atoms with Gasteiger partial charge >= 0.3 is 0 Å². The monoisotopic (exact) mass is 264 g/mol. The van der Waals surface area contributed by atoms with Crippen LogP contribution in [0.5, 0.6) is 11.5 Å². The molecule has 0 heterocycles. The van der Waals surface area contributed by atoms with Gasteiger partial charge in [0.05, 0.1) is 12.5 Å². The zero-order chi connectivity index (χ0) is 14.2. The first-order valence-corrected chi connectivity index (χ1v) is 5.69. The van der Waals surface area contributed by atoms with E-state index in [2.05, 4.69) is 0 Å².